The minimum Gasteiger partial charge on any atom is -0.453 e. The van der Waals surface area contributed by atoms with E-state index < -0.39 is 0 Å². The highest BCUT2D eigenvalue weighted by molar-refractivity contribution is 6.31. The summed E-state index contributed by atoms with van der Waals surface area (Å²) in [6.45, 7) is 1.72. The molecule has 112 valence electrons. The van der Waals surface area contributed by atoms with Gasteiger partial charge < -0.3 is 10.1 Å². The molecular formula is C15H13ClN4O2. The highest BCUT2D eigenvalue weighted by Gasteiger charge is 2.10. The maximum Gasteiger partial charge on any atom is 0.322 e. The summed E-state index contributed by atoms with van der Waals surface area (Å²) in [5.74, 6) is -0.293. The number of pyridine rings is 1. The van der Waals surface area contributed by atoms with Crippen molar-refractivity contribution in [1.29, 1.82) is 0 Å². The van der Waals surface area contributed by atoms with Gasteiger partial charge >= 0.3 is 6.01 Å². The number of rotatable bonds is 4. The number of carbonyl (C=O) groups excluding carboxylic acids is 1. The fraction of sp³-hybridized carbons (Fsp3) is 0.133. The Morgan fingerprint density at radius 2 is 2.18 bits per heavy atom. The molecule has 2 heterocycles. The predicted octanol–water partition coefficient (Wildman–Crippen LogP) is 2.71. The molecule has 2 aromatic heterocycles. The number of carbonyl (C=O) groups is 1. The normalized spacial score (nSPS) is 10.6. The largest absolute Gasteiger partial charge is 0.453 e. The Bertz CT molecular complexity index is 831. The molecular weight excluding hydrogens is 304 g/mol. The number of nitrogens with one attached hydrogen (secondary N) is 1. The number of amides is 1. The molecule has 3 aromatic rings. The van der Waals surface area contributed by atoms with Crippen LogP contribution in [0.4, 0.5) is 5.69 Å². The number of nitrogens with zero attached hydrogens (tertiary/aromatic N) is 3. The van der Waals surface area contributed by atoms with E-state index in [1.54, 1.807) is 28.8 Å². The minimum atomic E-state index is -0.293. The first-order valence-electron chi connectivity index (χ1n) is 6.62. The van der Waals surface area contributed by atoms with E-state index in [4.69, 9.17) is 16.3 Å². The molecule has 0 atom stereocenters. The Labute approximate surface area is 131 Å². The number of benzene rings is 1. The first-order chi connectivity index (χ1) is 10.6. The highest BCUT2D eigenvalue weighted by Crippen LogP contribution is 2.20. The molecule has 0 radical (unpaired) electrons. The summed E-state index contributed by atoms with van der Waals surface area (Å²) in [6.07, 6.45) is 1.77. The van der Waals surface area contributed by atoms with Crippen molar-refractivity contribution in [1.82, 2.24) is 14.6 Å². The smallest absolute Gasteiger partial charge is 0.322 e. The van der Waals surface area contributed by atoms with E-state index in [2.05, 4.69) is 15.5 Å². The van der Waals surface area contributed by atoms with Crippen LogP contribution in [0, 0.1) is 6.92 Å². The van der Waals surface area contributed by atoms with Gasteiger partial charge in [-0.1, -0.05) is 28.8 Å². The Morgan fingerprint density at radius 1 is 1.32 bits per heavy atom. The highest BCUT2D eigenvalue weighted by atomic mass is 35.5. The van der Waals surface area contributed by atoms with Gasteiger partial charge in [0.25, 0.3) is 5.91 Å². The molecule has 7 heteroatoms. The van der Waals surface area contributed by atoms with Gasteiger partial charge in [-0.3, -0.25) is 9.20 Å². The van der Waals surface area contributed by atoms with Gasteiger partial charge in [0, 0.05) is 16.9 Å². The second-order valence-electron chi connectivity index (χ2n) is 4.71. The van der Waals surface area contributed by atoms with Gasteiger partial charge in [-0.25, -0.2) is 0 Å². The van der Waals surface area contributed by atoms with E-state index >= 15 is 0 Å². The van der Waals surface area contributed by atoms with Crippen LogP contribution >= 0.6 is 11.6 Å². The first kappa shape index (κ1) is 14.3. The summed E-state index contributed by atoms with van der Waals surface area (Å²) in [5.41, 5.74) is 2.24. The molecule has 0 saturated carbocycles. The number of hydrogen-bond donors (Lipinski definition) is 1. The van der Waals surface area contributed by atoms with Crippen LogP contribution < -0.4 is 10.1 Å². The fourth-order valence-corrected chi connectivity index (χ4v) is 2.14. The third-order valence-electron chi connectivity index (χ3n) is 3.09. The summed E-state index contributed by atoms with van der Waals surface area (Å²) < 4.78 is 7.07. The van der Waals surface area contributed by atoms with Gasteiger partial charge in [-0.15, -0.1) is 5.10 Å². The molecule has 0 aliphatic rings. The SMILES string of the molecule is Cc1ccc(Cl)cc1NC(=O)COc1nnc2ccccn12. The van der Waals surface area contributed by atoms with Crippen LogP contribution in [0.3, 0.4) is 0 Å². The van der Waals surface area contributed by atoms with Crippen LogP contribution in [0.15, 0.2) is 42.6 Å². The van der Waals surface area contributed by atoms with Gasteiger partial charge in [0.1, 0.15) is 0 Å². The quantitative estimate of drug-likeness (QED) is 0.803. The van der Waals surface area contributed by atoms with Gasteiger partial charge in [-0.2, -0.15) is 0 Å². The lowest BCUT2D eigenvalue weighted by Crippen LogP contribution is -2.21. The van der Waals surface area contributed by atoms with Gasteiger partial charge in [-0.05, 0) is 36.8 Å². The Balaban J connectivity index is 1.66. The average molecular weight is 317 g/mol. The maximum absolute atomic E-state index is 12.0. The van der Waals surface area contributed by atoms with Gasteiger partial charge in [0.15, 0.2) is 12.3 Å². The summed E-state index contributed by atoms with van der Waals surface area (Å²) in [4.78, 5) is 12.0. The molecule has 1 N–H and O–H groups in total. The monoisotopic (exact) mass is 316 g/mol. The van der Waals surface area contributed by atoms with Crippen LogP contribution in [-0.2, 0) is 4.79 Å². The van der Waals surface area contributed by atoms with Crippen LogP contribution in [0.1, 0.15) is 5.56 Å². The van der Waals surface area contributed by atoms with Crippen LogP contribution in [0.25, 0.3) is 5.65 Å². The maximum atomic E-state index is 12.0. The van der Waals surface area contributed by atoms with E-state index in [1.807, 2.05) is 25.1 Å². The van der Waals surface area contributed by atoms with Crippen molar-refractivity contribution in [2.75, 3.05) is 11.9 Å². The Hall–Kier alpha value is -2.60. The lowest BCUT2D eigenvalue weighted by Gasteiger charge is -2.09. The molecule has 0 bridgehead atoms. The topological polar surface area (TPSA) is 68.5 Å². The molecule has 0 saturated heterocycles. The standard InChI is InChI=1S/C15H13ClN4O2/c1-10-5-6-11(16)8-12(10)17-14(21)9-22-15-19-18-13-4-2-3-7-20(13)15/h2-8H,9H2,1H3,(H,17,21). The zero-order valence-corrected chi connectivity index (χ0v) is 12.5. The molecule has 1 aromatic carbocycles. The molecule has 22 heavy (non-hydrogen) atoms. The Kier molecular flexibility index (Phi) is 3.93. The summed E-state index contributed by atoms with van der Waals surface area (Å²) in [5, 5.41) is 11.2. The van der Waals surface area contributed by atoms with Crippen molar-refractivity contribution in [2.24, 2.45) is 0 Å². The van der Waals surface area contributed by atoms with E-state index in [9.17, 15) is 4.79 Å². The molecule has 0 fully saturated rings. The van der Waals surface area contributed by atoms with E-state index in [0.29, 0.717) is 16.4 Å². The summed E-state index contributed by atoms with van der Waals surface area (Å²) in [7, 11) is 0. The predicted molar refractivity (Wildman–Crippen MR) is 83.3 cm³/mol. The second kappa shape index (κ2) is 6.03. The third kappa shape index (κ3) is 3.01. The zero-order valence-electron chi connectivity index (χ0n) is 11.8. The van der Waals surface area contributed by atoms with Crippen molar-refractivity contribution in [3.63, 3.8) is 0 Å². The van der Waals surface area contributed by atoms with Crippen LogP contribution in [0.5, 0.6) is 6.01 Å². The number of aryl methyl sites for hydroxylation is 1. The molecule has 0 aliphatic heterocycles. The zero-order chi connectivity index (χ0) is 15.5. The lowest BCUT2D eigenvalue weighted by atomic mass is 10.2. The number of hydrogen-bond acceptors (Lipinski definition) is 4. The molecule has 0 unspecified atom stereocenters. The van der Waals surface area contributed by atoms with Crippen molar-refractivity contribution in [2.45, 2.75) is 6.92 Å². The number of halogens is 1. The minimum absolute atomic E-state index is 0.165. The fourth-order valence-electron chi connectivity index (χ4n) is 1.96. The number of ether oxygens (including phenoxy) is 1. The van der Waals surface area contributed by atoms with E-state index in [-0.39, 0.29) is 18.5 Å². The molecule has 6 nitrogen and oxygen atoms in total. The molecule has 1 amide bonds. The molecule has 3 rings (SSSR count). The van der Waals surface area contributed by atoms with E-state index in [0.717, 1.165) is 5.56 Å². The number of fused-ring (bicyclic) bond motifs is 1. The first-order valence-corrected chi connectivity index (χ1v) is 7.00. The molecule has 0 spiro atoms. The summed E-state index contributed by atoms with van der Waals surface area (Å²) in [6, 6.07) is 11.1. The van der Waals surface area contributed by atoms with Crippen LogP contribution in [-0.4, -0.2) is 27.1 Å². The lowest BCUT2D eigenvalue weighted by molar-refractivity contribution is -0.118. The Morgan fingerprint density at radius 3 is 3.05 bits per heavy atom. The van der Waals surface area contributed by atoms with Crippen molar-refractivity contribution in [3.05, 3.63) is 53.2 Å². The number of anilines is 1. The van der Waals surface area contributed by atoms with Gasteiger partial charge in [0.2, 0.25) is 0 Å². The molecule has 0 aliphatic carbocycles. The second-order valence-corrected chi connectivity index (χ2v) is 5.14. The summed E-state index contributed by atoms with van der Waals surface area (Å²) >= 11 is 5.92. The van der Waals surface area contributed by atoms with Gasteiger partial charge in [0.05, 0.1) is 0 Å². The van der Waals surface area contributed by atoms with Crippen LogP contribution in [0.2, 0.25) is 5.02 Å². The third-order valence-corrected chi connectivity index (χ3v) is 3.32. The average Bonchev–Trinajstić information content (AvgIpc) is 2.92. The van der Waals surface area contributed by atoms with E-state index in [1.165, 1.54) is 0 Å². The van der Waals surface area contributed by atoms with Crippen molar-refractivity contribution < 1.29 is 9.53 Å². The number of aromatic nitrogens is 3. The van der Waals surface area contributed by atoms with Crippen molar-refractivity contribution >= 4 is 28.8 Å². The van der Waals surface area contributed by atoms with Crippen molar-refractivity contribution in [3.8, 4) is 6.01 Å².